The maximum Gasteiger partial charge on any atom is 0.246 e. The van der Waals surface area contributed by atoms with Gasteiger partial charge in [0.15, 0.2) is 23.0 Å². The van der Waals surface area contributed by atoms with E-state index in [9.17, 15) is 15.2 Å². The molecular weight excluding hydrogens is 441 g/mol. The lowest BCUT2D eigenvalue weighted by molar-refractivity contribution is -0.126. The van der Waals surface area contributed by atoms with E-state index >= 15 is 4.39 Å². The molecule has 10 heteroatoms. The number of rotatable bonds is 6. The van der Waals surface area contributed by atoms with Gasteiger partial charge in [0.1, 0.15) is 5.41 Å². The van der Waals surface area contributed by atoms with Crippen molar-refractivity contribution in [3.63, 3.8) is 0 Å². The number of aliphatic hydroxyl groups is 1. The van der Waals surface area contributed by atoms with Gasteiger partial charge in [0.2, 0.25) is 18.4 Å². The Labute approximate surface area is 195 Å². The lowest BCUT2D eigenvalue weighted by Crippen LogP contribution is -2.40. The Kier molecular flexibility index (Phi) is 5.17. The molecule has 0 unspecified atom stereocenters. The molecule has 0 radical (unpaired) electrons. The number of carbonyl (C=O) groups is 1. The van der Waals surface area contributed by atoms with Crippen LogP contribution in [0.5, 0.6) is 11.5 Å². The van der Waals surface area contributed by atoms with Crippen LogP contribution in [0.25, 0.3) is 22.2 Å². The van der Waals surface area contributed by atoms with Crippen LogP contribution in [0.1, 0.15) is 39.5 Å². The van der Waals surface area contributed by atoms with Crippen molar-refractivity contribution in [1.82, 2.24) is 14.8 Å². The van der Waals surface area contributed by atoms with Gasteiger partial charge in [-0.3, -0.25) is 4.79 Å². The molecular formula is C24H24FN5O4. The molecule has 0 saturated heterocycles. The number of benzene rings is 1. The summed E-state index contributed by atoms with van der Waals surface area (Å²) >= 11 is 0. The monoisotopic (exact) mass is 465 g/mol. The zero-order chi connectivity index (χ0) is 24.1. The van der Waals surface area contributed by atoms with Crippen molar-refractivity contribution in [2.75, 3.05) is 12.1 Å². The Balaban J connectivity index is 1.57. The minimum atomic E-state index is -1.06. The second-order valence-electron chi connectivity index (χ2n) is 9.39. The number of carbonyl (C=O) groups excluding carboxylic acids is 1. The average molecular weight is 465 g/mol. The summed E-state index contributed by atoms with van der Waals surface area (Å²) in [6.07, 6.45) is 3.74. The standard InChI is InChI=1S/C24H24FN5O4/c1-23(2,32)8-9-30-21-16(20(29-30)28-22(31)24(12-26)6-3-7-24)10-14(11-27-21)15-4-5-17-19(18(15)25)34-13-33-17/h4-5,10-11,32H,3,6-9,13H2,1-2H3,(H,28,29,31). The zero-order valence-corrected chi connectivity index (χ0v) is 18.9. The second-order valence-corrected chi connectivity index (χ2v) is 9.39. The number of aryl methyl sites for hydroxylation is 1. The van der Waals surface area contributed by atoms with Crippen LogP contribution in [-0.2, 0) is 11.3 Å². The van der Waals surface area contributed by atoms with Gasteiger partial charge in [0.25, 0.3) is 0 Å². The molecule has 0 atom stereocenters. The fourth-order valence-electron chi connectivity index (χ4n) is 4.14. The summed E-state index contributed by atoms with van der Waals surface area (Å²) in [5.74, 6) is -0.338. The number of halogens is 1. The van der Waals surface area contributed by atoms with Crippen molar-refractivity contribution < 1.29 is 23.8 Å². The van der Waals surface area contributed by atoms with Gasteiger partial charge in [-0.1, -0.05) is 0 Å². The van der Waals surface area contributed by atoms with Gasteiger partial charge in [0.05, 0.1) is 17.1 Å². The van der Waals surface area contributed by atoms with E-state index in [0.29, 0.717) is 48.2 Å². The van der Waals surface area contributed by atoms with Crippen molar-refractivity contribution in [2.24, 2.45) is 5.41 Å². The van der Waals surface area contributed by atoms with Gasteiger partial charge in [-0.2, -0.15) is 10.4 Å². The molecule has 1 amide bonds. The smallest absolute Gasteiger partial charge is 0.246 e. The van der Waals surface area contributed by atoms with E-state index in [0.717, 1.165) is 6.42 Å². The first kappa shape index (κ1) is 22.1. The molecule has 2 aromatic heterocycles. The fraction of sp³-hybridized carbons (Fsp3) is 0.417. The number of nitrogens with zero attached hydrogens (tertiary/aromatic N) is 4. The maximum absolute atomic E-state index is 15.1. The number of hydrogen-bond donors (Lipinski definition) is 2. The van der Waals surface area contributed by atoms with Gasteiger partial charge in [-0.05, 0) is 57.7 Å². The van der Waals surface area contributed by atoms with Gasteiger partial charge in [-0.25, -0.2) is 14.1 Å². The number of nitriles is 1. The first-order valence-corrected chi connectivity index (χ1v) is 11.1. The van der Waals surface area contributed by atoms with Gasteiger partial charge in [-0.15, -0.1) is 0 Å². The molecule has 0 bridgehead atoms. The maximum atomic E-state index is 15.1. The van der Waals surface area contributed by atoms with Crippen LogP contribution in [0.3, 0.4) is 0 Å². The highest BCUT2D eigenvalue weighted by atomic mass is 19.1. The quantitative estimate of drug-likeness (QED) is 0.568. The number of nitrogens with one attached hydrogen (secondary N) is 1. The van der Waals surface area contributed by atoms with Gasteiger partial charge < -0.3 is 19.9 Å². The predicted molar refractivity (Wildman–Crippen MR) is 120 cm³/mol. The third-order valence-corrected chi connectivity index (χ3v) is 6.40. The third-order valence-electron chi connectivity index (χ3n) is 6.40. The minimum Gasteiger partial charge on any atom is -0.453 e. The van der Waals surface area contributed by atoms with Crippen molar-refractivity contribution in [1.29, 1.82) is 5.26 Å². The summed E-state index contributed by atoms with van der Waals surface area (Å²) in [5, 5.41) is 27.5. The number of anilines is 1. The summed E-state index contributed by atoms with van der Waals surface area (Å²) < 4.78 is 27.2. The largest absolute Gasteiger partial charge is 0.453 e. The summed E-state index contributed by atoms with van der Waals surface area (Å²) in [7, 11) is 0. The van der Waals surface area contributed by atoms with Crippen LogP contribution < -0.4 is 14.8 Å². The van der Waals surface area contributed by atoms with Crippen LogP contribution in [0.15, 0.2) is 24.4 Å². The molecule has 1 fully saturated rings. The molecule has 1 aromatic carbocycles. The highest BCUT2D eigenvalue weighted by Gasteiger charge is 2.45. The van der Waals surface area contributed by atoms with E-state index in [2.05, 4.69) is 21.5 Å². The lowest BCUT2D eigenvalue weighted by Gasteiger charge is -2.32. The fourth-order valence-corrected chi connectivity index (χ4v) is 4.14. The number of amides is 1. The van der Waals surface area contributed by atoms with E-state index < -0.39 is 22.7 Å². The topological polar surface area (TPSA) is 122 Å². The van der Waals surface area contributed by atoms with Crippen LogP contribution in [0.4, 0.5) is 10.2 Å². The number of hydrogen-bond acceptors (Lipinski definition) is 7. The molecule has 2 aliphatic rings. The van der Waals surface area contributed by atoms with E-state index in [1.54, 1.807) is 36.7 Å². The first-order valence-electron chi connectivity index (χ1n) is 11.1. The van der Waals surface area contributed by atoms with E-state index in [1.807, 2.05) is 0 Å². The van der Waals surface area contributed by atoms with E-state index in [-0.39, 0.29) is 23.9 Å². The molecule has 5 rings (SSSR count). The van der Waals surface area contributed by atoms with Crippen LogP contribution in [0.2, 0.25) is 0 Å². The molecule has 3 aromatic rings. The van der Waals surface area contributed by atoms with Crippen LogP contribution in [-0.4, -0.2) is 38.2 Å². The minimum absolute atomic E-state index is 0.0439. The van der Waals surface area contributed by atoms with Crippen LogP contribution >= 0.6 is 0 Å². The number of pyridine rings is 1. The Bertz CT molecular complexity index is 1330. The molecule has 34 heavy (non-hydrogen) atoms. The number of aromatic nitrogens is 3. The van der Waals surface area contributed by atoms with Crippen molar-refractivity contribution in [2.45, 2.75) is 51.7 Å². The van der Waals surface area contributed by atoms with E-state index in [4.69, 9.17) is 9.47 Å². The van der Waals surface area contributed by atoms with Gasteiger partial charge >= 0.3 is 0 Å². The zero-order valence-electron chi connectivity index (χ0n) is 18.9. The van der Waals surface area contributed by atoms with Crippen molar-refractivity contribution in [3.05, 3.63) is 30.2 Å². The summed E-state index contributed by atoms with van der Waals surface area (Å²) in [6, 6.07) is 7.05. The van der Waals surface area contributed by atoms with Crippen molar-refractivity contribution >= 4 is 22.8 Å². The average Bonchev–Trinajstić information content (AvgIpc) is 3.37. The van der Waals surface area contributed by atoms with E-state index in [1.165, 1.54) is 6.20 Å². The molecule has 176 valence electrons. The number of fused-ring (bicyclic) bond motifs is 2. The SMILES string of the molecule is CC(C)(O)CCn1nc(NC(=O)C2(C#N)CCC2)c2cc(-c3ccc4c(c3F)OCO4)cnc21. The molecule has 3 heterocycles. The Morgan fingerprint density at radius 3 is 2.85 bits per heavy atom. The first-order chi connectivity index (χ1) is 16.2. The highest BCUT2D eigenvalue weighted by Crippen LogP contribution is 2.42. The van der Waals surface area contributed by atoms with Crippen molar-refractivity contribution in [3.8, 4) is 28.7 Å². The second kappa shape index (κ2) is 7.95. The molecule has 9 nitrogen and oxygen atoms in total. The molecule has 1 aliphatic heterocycles. The Morgan fingerprint density at radius 1 is 1.38 bits per heavy atom. The predicted octanol–water partition coefficient (Wildman–Crippen LogP) is 3.76. The molecule has 2 N–H and O–H groups in total. The normalized spacial score (nSPS) is 16.2. The molecule has 1 saturated carbocycles. The highest BCUT2D eigenvalue weighted by molar-refractivity contribution is 6.03. The lowest BCUT2D eigenvalue weighted by atomic mass is 9.69. The molecule has 0 spiro atoms. The summed E-state index contributed by atoms with van der Waals surface area (Å²) in [4.78, 5) is 17.4. The third kappa shape index (κ3) is 3.72. The Hall–Kier alpha value is -3.71. The number of ether oxygens (including phenoxy) is 2. The molecule has 1 aliphatic carbocycles. The van der Waals surface area contributed by atoms with Gasteiger partial charge in [0, 0.05) is 23.9 Å². The van der Waals surface area contributed by atoms with Crippen LogP contribution in [0, 0.1) is 22.6 Å². The summed E-state index contributed by atoms with van der Waals surface area (Å²) in [6.45, 7) is 3.70. The Morgan fingerprint density at radius 2 is 2.18 bits per heavy atom. The summed E-state index contributed by atoms with van der Waals surface area (Å²) in [5.41, 5.74) is -0.762.